The largest absolute Gasteiger partial charge is 0.492 e. The molecule has 4 nitrogen and oxygen atoms in total. The molecule has 1 amide bonds. The highest BCUT2D eigenvalue weighted by Crippen LogP contribution is 2.39. The molecular formula is C19H19NO3. The first-order valence-corrected chi connectivity index (χ1v) is 7.56. The van der Waals surface area contributed by atoms with Crippen molar-refractivity contribution in [3.05, 3.63) is 53.6 Å². The van der Waals surface area contributed by atoms with Crippen molar-refractivity contribution in [3.8, 4) is 11.5 Å². The topological polar surface area (TPSA) is 38.8 Å². The van der Waals surface area contributed by atoms with E-state index in [9.17, 15) is 4.79 Å². The summed E-state index contributed by atoms with van der Waals surface area (Å²) in [4.78, 5) is 14.2. The summed E-state index contributed by atoms with van der Waals surface area (Å²) in [6.45, 7) is 2.48. The number of hydrogen-bond donors (Lipinski definition) is 0. The molecule has 0 N–H and O–H groups in total. The standard InChI is InChI=1S/C19H19NO3/c1-4-23-17-11-7-8-13(18(17)22-3)12-15-14-9-5-6-10-16(14)20(2)19(15)21/h5-12H,4H2,1-3H3. The Morgan fingerprint density at radius 1 is 1.13 bits per heavy atom. The van der Waals surface area contributed by atoms with Crippen molar-refractivity contribution in [2.75, 3.05) is 25.7 Å². The number of anilines is 1. The van der Waals surface area contributed by atoms with E-state index in [4.69, 9.17) is 9.47 Å². The minimum absolute atomic E-state index is 0.0185. The average molecular weight is 309 g/mol. The van der Waals surface area contributed by atoms with Gasteiger partial charge in [-0.05, 0) is 25.1 Å². The first kappa shape index (κ1) is 15.2. The molecule has 1 heterocycles. The molecule has 118 valence electrons. The second kappa shape index (κ2) is 6.16. The minimum atomic E-state index is -0.0185. The van der Waals surface area contributed by atoms with Crippen LogP contribution in [0.2, 0.25) is 0 Å². The summed E-state index contributed by atoms with van der Waals surface area (Å²) in [5, 5.41) is 0. The van der Waals surface area contributed by atoms with Gasteiger partial charge in [-0.1, -0.05) is 30.3 Å². The first-order chi connectivity index (χ1) is 11.2. The van der Waals surface area contributed by atoms with Gasteiger partial charge >= 0.3 is 0 Å². The molecule has 2 aromatic rings. The van der Waals surface area contributed by atoms with Crippen molar-refractivity contribution < 1.29 is 14.3 Å². The van der Waals surface area contributed by atoms with E-state index < -0.39 is 0 Å². The fraction of sp³-hybridized carbons (Fsp3) is 0.211. The lowest BCUT2D eigenvalue weighted by Crippen LogP contribution is -2.20. The van der Waals surface area contributed by atoms with Crippen LogP contribution in [0, 0.1) is 0 Å². The number of fused-ring (bicyclic) bond motifs is 1. The minimum Gasteiger partial charge on any atom is -0.492 e. The Kier molecular flexibility index (Phi) is 4.06. The maximum absolute atomic E-state index is 12.6. The molecule has 1 aliphatic rings. The number of carbonyl (C=O) groups is 1. The third-order valence-electron chi connectivity index (χ3n) is 3.90. The number of methoxy groups -OCH3 is 1. The van der Waals surface area contributed by atoms with Crippen LogP contribution in [0.4, 0.5) is 5.69 Å². The molecule has 23 heavy (non-hydrogen) atoms. The molecule has 0 saturated carbocycles. The van der Waals surface area contributed by atoms with Gasteiger partial charge in [0.15, 0.2) is 11.5 Å². The molecule has 0 aromatic heterocycles. The third-order valence-corrected chi connectivity index (χ3v) is 3.90. The molecule has 0 radical (unpaired) electrons. The normalized spacial score (nSPS) is 15.0. The van der Waals surface area contributed by atoms with Crippen LogP contribution in [0.15, 0.2) is 42.5 Å². The Labute approximate surface area is 135 Å². The summed E-state index contributed by atoms with van der Waals surface area (Å²) in [7, 11) is 3.40. The van der Waals surface area contributed by atoms with Gasteiger partial charge < -0.3 is 14.4 Å². The van der Waals surface area contributed by atoms with Gasteiger partial charge in [0.25, 0.3) is 5.91 Å². The van der Waals surface area contributed by atoms with Crippen molar-refractivity contribution >= 4 is 23.2 Å². The molecule has 0 atom stereocenters. The molecule has 4 heteroatoms. The van der Waals surface area contributed by atoms with Crippen molar-refractivity contribution in [3.63, 3.8) is 0 Å². The van der Waals surface area contributed by atoms with E-state index in [-0.39, 0.29) is 5.91 Å². The maximum Gasteiger partial charge on any atom is 0.258 e. The number of para-hydroxylation sites is 2. The zero-order valence-corrected chi connectivity index (χ0v) is 13.5. The van der Waals surface area contributed by atoms with Crippen LogP contribution >= 0.6 is 0 Å². The lowest BCUT2D eigenvalue weighted by Gasteiger charge is -2.12. The number of benzene rings is 2. The lowest BCUT2D eigenvalue weighted by molar-refractivity contribution is -0.112. The Morgan fingerprint density at radius 3 is 2.65 bits per heavy atom. The van der Waals surface area contributed by atoms with Gasteiger partial charge in [-0.2, -0.15) is 0 Å². The molecule has 0 bridgehead atoms. The molecule has 0 unspecified atom stereocenters. The third kappa shape index (κ3) is 2.57. The Balaban J connectivity index is 2.12. The quantitative estimate of drug-likeness (QED) is 0.810. The molecule has 1 aliphatic heterocycles. The van der Waals surface area contributed by atoms with Crippen molar-refractivity contribution in [1.82, 2.24) is 0 Å². The number of rotatable bonds is 4. The van der Waals surface area contributed by atoms with Gasteiger partial charge in [0.05, 0.1) is 19.4 Å². The van der Waals surface area contributed by atoms with Gasteiger partial charge in [-0.15, -0.1) is 0 Å². The molecule has 2 aromatic carbocycles. The second-order valence-electron chi connectivity index (χ2n) is 5.25. The maximum atomic E-state index is 12.6. The first-order valence-electron chi connectivity index (χ1n) is 7.56. The number of hydrogen-bond acceptors (Lipinski definition) is 3. The summed E-state index contributed by atoms with van der Waals surface area (Å²) in [6, 6.07) is 13.5. The van der Waals surface area contributed by atoms with E-state index in [1.54, 1.807) is 19.1 Å². The van der Waals surface area contributed by atoms with E-state index in [0.29, 0.717) is 23.7 Å². The zero-order valence-electron chi connectivity index (χ0n) is 13.5. The molecule has 0 saturated heterocycles. The fourth-order valence-corrected chi connectivity index (χ4v) is 2.83. The van der Waals surface area contributed by atoms with Crippen LogP contribution in [-0.2, 0) is 4.79 Å². The van der Waals surface area contributed by atoms with Gasteiger partial charge in [0.1, 0.15) is 0 Å². The van der Waals surface area contributed by atoms with Crippen LogP contribution in [0.3, 0.4) is 0 Å². The monoisotopic (exact) mass is 309 g/mol. The van der Waals surface area contributed by atoms with Crippen LogP contribution in [0.1, 0.15) is 18.1 Å². The number of carbonyl (C=O) groups excluding carboxylic acids is 1. The zero-order chi connectivity index (χ0) is 16.4. The highest BCUT2D eigenvalue weighted by atomic mass is 16.5. The number of likely N-dealkylation sites (N-methyl/N-ethyl adjacent to an activating group) is 1. The van der Waals surface area contributed by atoms with Crippen molar-refractivity contribution in [2.45, 2.75) is 6.92 Å². The summed E-state index contributed by atoms with van der Waals surface area (Å²) in [5.41, 5.74) is 3.34. The smallest absolute Gasteiger partial charge is 0.258 e. The van der Waals surface area contributed by atoms with Crippen LogP contribution in [-0.4, -0.2) is 26.7 Å². The average Bonchev–Trinajstić information content (AvgIpc) is 2.81. The summed E-state index contributed by atoms with van der Waals surface area (Å²) in [5.74, 6) is 1.30. The predicted octanol–water partition coefficient (Wildman–Crippen LogP) is 3.61. The summed E-state index contributed by atoms with van der Waals surface area (Å²) >= 11 is 0. The lowest BCUT2D eigenvalue weighted by atomic mass is 10.0. The molecular weight excluding hydrogens is 290 g/mol. The van der Waals surface area contributed by atoms with Crippen molar-refractivity contribution in [2.24, 2.45) is 0 Å². The Hall–Kier alpha value is -2.75. The SMILES string of the molecule is CCOc1cccc(C=C2C(=O)N(C)c3ccccc32)c1OC. The summed E-state index contributed by atoms with van der Waals surface area (Å²) < 4.78 is 11.1. The van der Waals surface area contributed by atoms with E-state index in [0.717, 1.165) is 16.8 Å². The van der Waals surface area contributed by atoms with Crippen LogP contribution in [0.5, 0.6) is 11.5 Å². The van der Waals surface area contributed by atoms with Gasteiger partial charge in [-0.3, -0.25) is 4.79 Å². The molecule has 0 fully saturated rings. The highest BCUT2D eigenvalue weighted by Gasteiger charge is 2.29. The predicted molar refractivity (Wildman–Crippen MR) is 91.9 cm³/mol. The van der Waals surface area contributed by atoms with E-state index in [1.807, 2.05) is 55.5 Å². The highest BCUT2D eigenvalue weighted by molar-refractivity contribution is 6.35. The van der Waals surface area contributed by atoms with E-state index in [2.05, 4.69) is 0 Å². The molecule has 0 aliphatic carbocycles. The molecule has 0 spiro atoms. The van der Waals surface area contributed by atoms with Gasteiger partial charge in [0, 0.05) is 23.7 Å². The van der Waals surface area contributed by atoms with Gasteiger partial charge in [0.2, 0.25) is 0 Å². The summed E-state index contributed by atoms with van der Waals surface area (Å²) in [6.07, 6.45) is 1.87. The Bertz CT molecular complexity index is 780. The van der Waals surface area contributed by atoms with Crippen LogP contribution < -0.4 is 14.4 Å². The number of ether oxygens (including phenoxy) is 2. The van der Waals surface area contributed by atoms with Gasteiger partial charge in [-0.25, -0.2) is 0 Å². The second-order valence-corrected chi connectivity index (χ2v) is 5.25. The number of amides is 1. The Morgan fingerprint density at radius 2 is 1.91 bits per heavy atom. The van der Waals surface area contributed by atoms with Crippen molar-refractivity contribution in [1.29, 1.82) is 0 Å². The molecule has 3 rings (SSSR count). The van der Waals surface area contributed by atoms with E-state index in [1.165, 1.54) is 0 Å². The van der Waals surface area contributed by atoms with E-state index >= 15 is 0 Å². The number of nitrogens with zero attached hydrogens (tertiary/aromatic N) is 1. The fourth-order valence-electron chi connectivity index (χ4n) is 2.83. The van der Waals surface area contributed by atoms with Crippen LogP contribution in [0.25, 0.3) is 11.6 Å².